The fraction of sp³-hybridized carbons (Fsp3) is 0.600. The first-order chi connectivity index (χ1) is 11.2. The highest BCUT2D eigenvalue weighted by Gasteiger charge is 2.31. The number of carbonyl (C=O) groups is 1. The van der Waals surface area contributed by atoms with Gasteiger partial charge >= 0.3 is 0 Å². The second kappa shape index (κ2) is 5.92. The largest absolute Gasteiger partial charge is 0.375 e. The smallest absolute Gasteiger partial charge is 0.230 e. The third-order valence-corrected chi connectivity index (χ3v) is 5.37. The minimum Gasteiger partial charge on any atom is -0.375 e. The summed E-state index contributed by atoms with van der Waals surface area (Å²) in [7, 11) is 0. The zero-order chi connectivity index (χ0) is 15.8. The molecule has 23 heavy (non-hydrogen) atoms. The molecular weight excluding hydrogens is 314 g/mol. The molecule has 1 aliphatic heterocycles. The summed E-state index contributed by atoms with van der Waals surface area (Å²) in [6, 6.07) is 0. The average molecular weight is 333 g/mol. The Hall–Kier alpha value is -1.96. The lowest BCUT2D eigenvalue weighted by atomic mass is 9.96. The Morgan fingerprint density at radius 1 is 1.35 bits per heavy atom. The van der Waals surface area contributed by atoms with Crippen LogP contribution in [0.15, 0.2) is 10.7 Å². The van der Waals surface area contributed by atoms with Crippen LogP contribution >= 0.6 is 11.3 Å². The van der Waals surface area contributed by atoms with E-state index in [0.717, 1.165) is 37.2 Å². The molecule has 2 aromatic rings. The molecule has 1 saturated heterocycles. The normalized spacial score (nSPS) is 19.2. The quantitative estimate of drug-likeness (QED) is 0.921. The predicted molar refractivity (Wildman–Crippen MR) is 85.7 cm³/mol. The van der Waals surface area contributed by atoms with Gasteiger partial charge in [0, 0.05) is 25.4 Å². The van der Waals surface area contributed by atoms with Crippen LogP contribution in [0.1, 0.15) is 43.9 Å². The van der Waals surface area contributed by atoms with Crippen molar-refractivity contribution in [1.29, 1.82) is 0 Å². The van der Waals surface area contributed by atoms with Crippen LogP contribution in [0.25, 0.3) is 10.7 Å². The van der Waals surface area contributed by atoms with E-state index in [1.54, 1.807) is 6.20 Å². The Balaban J connectivity index is 1.36. The SMILES string of the molecule is Nc1ncc(-c2noc(C3CCN(C(=O)CC4CC4)CC3)n2)s1. The first kappa shape index (κ1) is 14.6. The van der Waals surface area contributed by atoms with Gasteiger partial charge in [-0.15, -0.1) is 0 Å². The molecule has 8 heteroatoms. The lowest BCUT2D eigenvalue weighted by Gasteiger charge is -2.30. The molecule has 0 spiro atoms. The highest BCUT2D eigenvalue weighted by molar-refractivity contribution is 7.18. The number of nitrogens with zero attached hydrogens (tertiary/aromatic N) is 4. The van der Waals surface area contributed by atoms with Gasteiger partial charge in [0.1, 0.15) is 0 Å². The number of carbonyl (C=O) groups excluding carboxylic acids is 1. The molecule has 2 fully saturated rings. The van der Waals surface area contributed by atoms with Crippen molar-refractivity contribution in [2.45, 2.75) is 38.0 Å². The molecule has 2 aliphatic rings. The van der Waals surface area contributed by atoms with Gasteiger partial charge in [-0.1, -0.05) is 16.5 Å². The Morgan fingerprint density at radius 3 is 2.78 bits per heavy atom. The van der Waals surface area contributed by atoms with E-state index in [4.69, 9.17) is 10.3 Å². The van der Waals surface area contributed by atoms with Crippen molar-refractivity contribution < 1.29 is 9.32 Å². The molecule has 2 N–H and O–H groups in total. The van der Waals surface area contributed by atoms with Crippen LogP contribution in [-0.2, 0) is 4.79 Å². The third-order valence-electron chi connectivity index (χ3n) is 4.54. The second-order valence-electron chi connectivity index (χ2n) is 6.32. The van der Waals surface area contributed by atoms with Crippen LogP contribution < -0.4 is 5.73 Å². The molecular formula is C15H19N5O2S. The summed E-state index contributed by atoms with van der Waals surface area (Å²) in [6.07, 6.45) is 6.58. The fourth-order valence-corrected chi connectivity index (χ4v) is 3.58. The summed E-state index contributed by atoms with van der Waals surface area (Å²) in [6.45, 7) is 1.56. The standard InChI is InChI=1S/C15H19N5O2S/c16-15-17-8-11(23-15)13-18-14(22-19-13)10-3-5-20(6-4-10)12(21)7-9-1-2-9/h8-10H,1-7H2,(H2,16,17). The van der Waals surface area contributed by atoms with Gasteiger partial charge in [-0.05, 0) is 31.6 Å². The topological polar surface area (TPSA) is 98.1 Å². The van der Waals surface area contributed by atoms with Crippen LogP contribution in [0.2, 0.25) is 0 Å². The lowest BCUT2D eigenvalue weighted by Crippen LogP contribution is -2.38. The number of likely N-dealkylation sites (tertiary alicyclic amines) is 1. The molecule has 3 heterocycles. The minimum absolute atomic E-state index is 0.228. The van der Waals surface area contributed by atoms with E-state index in [9.17, 15) is 4.79 Å². The number of hydrogen-bond acceptors (Lipinski definition) is 7. The zero-order valence-corrected chi connectivity index (χ0v) is 13.6. The summed E-state index contributed by atoms with van der Waals surface area (Å²) in [4.78, 5) is 23.4. The number of piperidine rings is 1. The van der Waals surface area contributed by atoms with Crippen LogP contribution in [0.5, 0.6) is 0 Å². The van der Waals surface area contributed by atoms with Crippen molar-refractivity contribution >= 4 is 22.4 Å². The van der Waals surface area contributed by atoms with E-state index in [1.165, 1.54) is 24.2 Å². The summed E-state index contributed by atoms with van der Waals surface area (Å²) < 4.78 is 5.41. The molecule has 1 aliphatic carbocycles. The Labute approximate surface area is 137 Å². The Bertz CT molecular complexity index is 700. The van der Waals surface area contributed by atoms with Crippen molar-refractivity contribution in [3.8, 4) is 10.7 Å². The summed E-state index contributed by atoms with van der Waals surface area (Å²) in [5.41, 5.74) is 5.63. The molecule has 0 radical (unpaired) electrons. The number of nitrogens with two attached hydrogens (primary N) is 1. The van der Waals surface area contributed by atoms with Crippen molar-refractivity contribution in [3.05, 3.63) is 12.1 Å². The van der Waals surface area contributed by atoms with Gasteiger partial charge in [0.05, 0.1) is 11.1 Å². The van der Waals surface area contributed by atoms with Gasteiger partial charge in [-0.3, -0.25) is 4.79 Å². The van der Waals surface area contributed by atoms with Crippen LogP contribution in [0.4, 0.5) is 5.13 Å². The van der Waals surface area contributed by atoms with Gasteiger partial charge in [0.25, 0.3) is 0 Å². The zero-order valence-electron chi connectivity index (χ0n) is 12.8. The molecule has 0 aromatic carbocycles. The van der Waals surface area contributed by atoms with Gasteiger partial charge in [0.2, 0.25) is 17.6 Å². The highest BCUT2D eigenvalue weighted by atomic mass is 32.1. The van der Waals surface area contributed by atoms with Gasteiger partial charge < -0.3 is 15.2 Å². The molecule has 4 rings (SSSR count). The number of rotatable bonds is 4. The number of amides is 1. The molecule has 122 valence electrons. The van der Waals surface area contributed by atoms with E-state index in [-0.39, 0.29) is 5.92 Å². The predicted octanol–water partition coefficient (Wildman–Crippen LogP) is 2.28. The molecule has 2 aromatic heterocycles. The molecule has 1 saturated carbocycles. The summed E-state index contributed by atoms with van der Waals surface area (Å²) in [5, 5.41) is 4.52. The maximum absolute atomic E-state index is 12.1. The third kappa shape index (κ3) is 3.21. The van der Waals surface area contributed by atoms with Crippen molar-refractivity contribution in [3.63, 3.8) is 0 Å². The minimum atomic E-state index is 0.228. The Kier molecular flexibility index (Phi) is 3.76. The van der Waals surface area contributed by atoms with E-state index in [2.05, 4.69) is 15.1 Å². The van der Waals surface area contributed by atoms with Crippen LogP contribution in [-0.4, -0.2) is 39.0 Å². The average Bonchev–Trinajstić information content (AvgIpc) is 3.07. The Morgan fingerprint density at radius 2 is 2.13 bits per heavy atom. The van der Waals surface area contributed by atoms with Gasteiger partial charge in [0.15, 0.2) is 5.13 Å². The number of anilines is 1. The number of thiazole rings is 1. The molecule has 0 unspecified atom stereocenters. The lowest BCUT2D eigenvalue weighted by molar-refractivity contribution is -0.132. The maximum atomic E-state index is 12.1. The van der Waals surface area contributed by atoms with Gasteiger partial charge in [-0.2, -0.15) is 4.98 Å². The van der Waals surface area contributed by atoms with Crippen LogP contribution in [0.3, 0.4) is 0 Å². The first-order valence-corrected chi connectivity index (χ1v) is 8.84. The molecule has 0 atom stereocenters. The molecule has 1 amide bonds. The number of hydrogen-bond donors (Lipinski definition) is 1. The number of aromatic nitrogens is 3. The monoisotopic (exact) mass is 333 g/mol. The van der Waals surface area contributed by atoms with Gasteiger partial charge in [-0.25, -0.2) is 4.98 Å². The van der Waals surface area contributed by atoms with E-state index >= 15 is 0 Å². The fourth-order valence-electron chi connectivity index (χ4n) is 2.97. The van der Waals surface area contributed by atoms with Crippen molar-refractivity contribution in [1.82, 2.24) is 20.0 Å². The van der Waals surface area contributed by atoms with E-state index in [1.807, 2.05) is 4.90 Å². The second-order valence-corrected chi connectivity index (χ2v) is 7.38. The van der Waals surface area contributed by atoms with E-state index < -0.39 is 0 Å². The maximum Gasteiger partial charge on any atom is 0.230 e. The molecule has 0 bridgehead atoms. The highest BCUT2D eigenvalue weighted by Crippen LogP contribution is 2.34. The molecule has 7 nitrogen and oxygen atoms in total. The van der Waals surface area contributed by atoms with Crippen LogP contribution in [0, 0.1) is 5.92 Å². The summed E-state index contributed by atoms with van der Waals surface area (Å²) >= 11 is 1.35. The first-order valence-electron chi connectivity index (χ1n) is 8.02. The van der Waals surface area contributed by atoms with Crippen molar-refractivity contribution in [2.75, 3.05) is 18.8 Å². The number of nitrogen functional groups attached to an aromatic ring is 1. The van der Waals surface area contributed by atoms with Crippen molar-refractivity contribution in [2.24, 2.45) is 5.92 Å². The van der Waals surface area contributed by atoms with E-state index in [0.29, 0.717) is 28.7 Å². The summed E-state index contributed by atoms with van der Waals surface area (Å²) in [5.74, 6) is 2.37.